The van der Waals surface area contributed by atoms with Crippen LogP contribution in [0.2, 0.25) is 5.02 Å². The molecule has 2 aliphatic rings. The first-order valence-electron chi connectivity index (χ1n) is 8.80. The number of hydrogen-bond acceptors (Lipinski definition) is 4. The van der Waals surface area contributed by atoms with Gasteiger partial charge in [0.05, 0.1) is 12.1 Å². The number of methoxy groups -OCH3 is 1. The largest absolute Gasteiger partial charge is 0.381 e. The van der Waals surface area contributed by atoms with E-state index >= 15 is 0 Å². The Hall–Kier alpha value is -0.770. The van der Waals surface area contributed by atoms with Gasteiger partial charge in [0.15, 0.2) is 5.96 Å². The van der Waals surface area contributed by atoms with Gasteiger partial charge in [-0.05, 0) is 24.3 Å². The Bertz CT molecular complexity index is 585. The van der Waals surface area contributed by atoms with Gasteiger partial charge in [-0.15, -0.1) is 24.0 Å². The standard InChI is InChI=1S/C18H27ClN4O2.HI/c1-24-18(6-12-25-13-7-18)14-21-17(20)23-10-8-22(9-11-23)16-4-2-15(19)3-5-16;/h2-5H,6-14H2,1H3,(H2,20,21);1H. The van der Waals surface area contributed by atoms with Crippen LogP contribution in [-0.2, 0) is 9.47 Å². The fourth-order valence-corrected chi connectivity index (χ4v) is 3.47. The van der Waals surface area contributed by atoms with E-state index in [9.17, 15) is 0 Å². The van der Waals surface area contributed by atoms with Crippen molar-refractivity contribution in [2.24, 2.45) is 10.7 Å². The molecule has 2 saturated heterocycles. The van der Waals surface area contributed by atoms with Crippen molar-refractivity contribution in [2.75, 3.05) is 57.9 Å². The lowest BCUT2D eigenvalue weighted by molar-refractivity contribution is -0.0829. The number of hydrogen-bond donors (Lipinski definition) is 1. The number of halogens is 2. The molecule has 0 aromatic heterocycles. The van der Waals surface area contributed by atoms with Crippen LogP contribution in [0, 0.1) is 0 Å². The van der Waals surface area contributed by atoms with Gasteiger partial charge in [0.25, 0.3) is 0 Å². The molecule has 0 unspecified atom stereocenters. The molecule has 0 aliphatic carbocycles. The summed E-state index contributed by atoms with van der Waals surface area (Å²) in [6.07, 6.45) is 1.73. The first-order valence-corrected chi connectivity index (χ1v) is 9.18. The van der Waals surface area contributed by atoms with E-state index in [1.165, 1.54) is 5.69 Å². The molecule has 2 aliphatic heterocycles. The molecule has 146 valence electrons. The predicted octanol–water partition coefficient (Wildman–Crippen LogP) is 2.59. The van der Waals surface area contributed by atoms with Crippen molar-refractivity contribution >= 4 is 47.2 Å². The molecule has 1 aromatic rings. The monoisotopic (exact) mass is 494 g/mol. The van der Waals surface area contributed by atoms with Gasteiger partial charge in [0.2, 0.25) is 0 Å². The zero-order valence-electron chi connectivity index (χ0n) is 15.2. The summed E-state index contributed by atoms with van der Waals surface area (Å²) in [7, 11) is 1.75. The topological polar surface area (TPSA) is 63.3 Å². The molecule has 3 rings (SSSR count). The van der Waals surface area contributed by atoms with Crippen LogP contribution in [0.15, 0.2) is 29.3 Å². The second-order valence-corrected chi connectivity index (χ2v) is 7.06. The van der Waals surface area contributed by atoms with E-state index in [0.717, 1.165) is 57.3 Å². The van der Waals surface area contributed by atoms with Crippen molar-refractivity contribution in [3.63, 3.8) is 0 Å². The van der Waals surface area contributed by atoms with Crippen LogP contribution in [0.5, 0.6) is 0 Å². The minimum absolute atomic E-state index is 0. The number of nitrogens with two attached hydrogens (primary N) is 1. The summed E-state index contributed by atoms with van der Waals surface area (Å²) < 4.78 is 11.1. The number of piperazine rings is 1. The molecule has 8 heteroatoms. The number of rotatable bonds is 4. The fraction of sp³-hybridized carbons (Fsp3) is 0.611. The minimum Gasteiger partial charge on any atom is -0.381 e. The highest BCUT2D eigenvalue weighted by Gasteiger charge is 2.32. The van der Waals surface area contributed by atoms with Gasteiger partial charge in [-0.1, -0.05) is 11.6 Å². The number of anilines is 1. The Morgan fingerprint density at radius 1 is 1.19 bits per heavy atom. The maximum atomic E-state index is 6.24. The fourth-order valence-electron chi connectivity index (χ4n) is 3.34. The predicted molar refractivity (Wildman–Crippen MR) is 117 cm³/mol. The lowest BCUT2D eigenvalue weighted by atomic mass is 9.94. The minimum atomic E-state index is -0.228. The first-order chi connectivity index (χ1) is 12.1. The third-order valence-electron chi connectivity index (χ3n) is 5.16. The van der Waals surface area contributed by atoms with E-state index in [-0.39, 0.29) is 29.6 Å². The van der Waals surface area contributed by atoms with Gasteiger partial charge in [-0.25, -0.2) is 0 Å². The highest BCUT2D eigenvalue weighted by Crippen LogP contribution is 2.25. The Labute approximate surface area is 177 Å². The number of aliphatic imine (C=N–C) groups is 1. The lowest BCUT2D eigenvalue weighted by Crippen LogP contribution is -2.51. The van der Waals surface area contributed by atoms with Gasteiger partial charge < -0.3 is 25.0 Å². The Kier molecular flexibility index (Phi) is 8.25. The highest BCUT2D eigenvalue weighted by molar-refractivity contribution is 14.0. The number of benzene rings is 1. The molecule has 2 heterocycles. The summed E-state index contributed by atoms with van der Waals surface area (Å²) in [5, 5.41) is 0.763. The molecule has 0 saturated carbocycles. The quantitative estimate of drug-likeness (QED) is 0.396. The highest BCUT2D eigenvalue weighted by atomic mass is 127. The average molecular weight is 495 g/mol. The lowest BCUT2D eigenvalue weighted by Gasteiger charge is -2.38. The first kappa shape index (κ1) is 21.5. The maximum Gasteiger partial charge on any atom is 0.191 e. The third kappa shape index (κ3) is 5.37. The summed E-state index contributed by atoms with van der Waals surface area (Å²) in [6, 6.07) is 7.97. The van der Waals surface area contributed by atoms with Crippen LogP contribution >= 0.6 is 35.6 Å². The van der Waals surface area contributed by atoms with E-state index in [4.69, 9.17) is 26.8 Å². The molecule has 0 atom stereocenters. The molecule has 0 amide bonds. The number of ether oxygens (including phenoxy) is 2. The molecule has 0 spiro atoms. The summed E-state index contributed by atoms with van der Waals surface area (Å²) in [5.41, 5.74) is 7.20. The summed E-state index contributed by atoms with van der Waals surface area (Å²) in [4.78, 5) is 9.12. The van der Waals surface area contributed by atoms with Crippen molar-refractivity contribution in [1.29, 1.82) is 0 Å². The van der Waals surface area contributed by atoms with Gasteiger partial charge in [-0.2, -0.15) is 0 Å². The van der Waals surface area contributed by atoms with Crippen LogP contribution in [0.1, 0.15) is 12.8 Å². The second-order valence-electron chi connectivity index (χ2n) is 6.62. The molecule has 0 radical (unpaired) electrons. The second kappa shape index (κ2) is 9.96. The summed E-state index contributed by atoms with van der Waals surface area (Å²) in [5.74, 6) is 0.610. The molecule has 2 N–H and O–H groups in total. The Morgan fingerprint density at radius 2 is 1.81 bits per heavy atom. The van der Waals surface area contributed by atoms with Crippen molar-refractivity contribution in [3.8, 4) is 0 Å². The number of nitrogens with zero attached hydrogens (tertiary/aromatic N) is 3. The van der Waals surface area contributed by atoms with Gasteiger partial charge in [0, 0.05) is 70.1 Å². The van der Waals surface area contributed by atoms with Crippen LogP contribution in [0.25, 0.3) is 0 Å². The van der Waals surface area contributed by atoms with E-state index < -0.39 is 0 Å². The Morgan fingerprint density at radius 3 is 2.38 bits per heavy atom. The number of guanidine groups is 1. The van der Waals surface area contributed by atoms with E-state index in [2.05, 4.69) is 26.9 Å². The average Bonchev–Trinajstić information content (AvgIpc) is 2.67. The van der Waals surface area contributed by atoms with E-state index in [0.29, 0.717) is 12.5 Å². The van der Waals surface area contributed by atoms with Crippen molar-refractivity contribution in [1.82, 2.24) is 4.90 Å². The molecule has 0 bridgehead atoms. The smallest absolute Gasteiger partial charge is 0.191 e. The summed E-state index contributed by atoms with van der Waals surface area (Å²) in [6.45, 7) is 5.60. The summed E-state index contributed by atoms with van der Waals surface area (Å²) >= 11 is 5.96. The van der Waals surface area contributed by atoms with Gasteiger partial charge in [-0.3, -0.25) is 4.99 Å². The van der Waals surface area contributed by atoms with Gasteiger partial charge >= 0.3 is 0 Å². The van der Waals surface area contributed by atoms with Crippen LogP contribution in [0.3, 0.4) is 0 Å². The van der Waals surface area contributed by atoms with Crippen molar-refractivity contribution in [3.05, 3.63) is 29.3 Å². The van der Waals surface area contributed by atoms with Crippen LogP contribution < -0.4 is 10.6 Å². The van der Waals surface area contributed by atoms with Crippen LogP contribution in [0.4, 0.5) is 5.69 Å². The van der Waals surface area contributed by atoms with Gasteiger partial charge in [0.1, 0.15) is 0 Å². The molecular weight excluding hydrogens is 467 g/mol. The van der Waals surface area contributed by atoms with E-state index in [1.54, 1.807) is 7.11 Å². The maximum absolute atomic E-state index is 6.24. The SMILES string of the molecule is COC1(CN=C(N)N2CCN(c3ccc(Cl)cc3)CC2)CCOCC1.I. The molecule has 2 fully saturated rings. The normalized spacial score (nSPS) is 20.6. The zero-order chi connectivity index (χ0) is 17.7. The zero-order valence-corrected chi connectivity index (χ0v) is 18.3. The van der Waals surface area contributed by atoms with E-state index in [1.807, 2.05) is 12.1 Å². The van der Waals surface area contributed by atoms with Crippen molar-refractivity contribution in [2.45, 2.75) is 18.4 Å². The molecule has 26 heavy (non-hydrogen) atoms. The Balaban J connectivity index is 0.00000243. The van der Waals surface area contributed by atoms with Crippen molar-refractivity contribution < 1.29 is 9.47 Å². The third-order valence-corrected chi connectivity index (χ3v) is 5.41. The molecule has 1 aromatic carbocycles. The van der Waals surface area contributed by atoms with Crippen LogP contribution in [-0.4, -0.2) is 69.5 Å². The molecular formula is C18H28ClIN4O2. The molecule has 6 nitrogen and oxygen atoms in total.